The molecule has 4 rings (SSSR count). The van der Waals surface area contributed by atoms with E-state index < -0.39 is 12.1 Å². The van der Waals surface area contributed by atoms with Crippen molar-refractivity contribution in [3.8, 4) is 0 Å². The second-order valence-corrected chi connectivity index (χ2v) is 8.16. The summed E-state index contributed by atoms with van der Waals surface area (Å²) in [5, 5.41) is 10.5. The Balaban J connectivity index is 0.000000383. The largest absolute Gasteiger partial charge is 0.490 e. The molecule has 1 amide bonds. The standard InChI is InChI=1S/C21H25N3O2.C2HF3O2/c1-15-5-7-16(8-6-15)10-21(25)24-12-18-17(14-26-19(18)13-24)11-23-20-4-2-3-9-22-20;3-2(4,5)1(6)7/h2-9,17-19H,10-14H2,1H3,(H,22,23);(H,6,7)/t17-,18-,19-;/m1./s1. The molecule has 2 fully saturated rings. The van der Waals surface area contributed by atoms with E-state index >= 15 is 0 Å². The number of alkyl halides is 3. The van der Waals surface area contributed by atoms with E-state index in [1.165, 1.54) is 5.56 Å². The van der Waals surface area contributed by atoms with Crippen LogP contribution in [0.5, 0.6) is 0 Å². The zero-order valence-electron chi connectivity index (χ0n) is 18.1. The van der Waals surface area contributed by atoms with E-state index in [1.54, 1.807) is 6.20 Å². The van der Waals surface area contributed by atoms with Gasteiger partial charge in [0.25, 0.3) is 0 Å². The summed E-state index contributed by atoms with van der Waals surface area (Å²) in [6.07, 6.45) is -2.65. The summed E-state index contributed by atoms with van der Waals surface area (Å²) in [7, 11) is 0. The highest BCUT2D eigenvalue weighted by atomic mass is 19.4. The van der Waals surface area contributed by atoms with Crippen molar-refractivity contribution in [1.82, 2.24) is 9.88 Å². The van der Waals surface area contributed by atoms with Crippen LogP contribution in [0.2, 0.25) is 0 Å². The lowest BCUT2D eigenvalue weighted by Crippen LogP contribution is -2.33. The number of rotatable bonds is 5. The highest BCUT2D eigenvalue weighted by Crippen LogP contribution is 2.34. The van der Waals surface area contributed by atoms with Gasteiger partial charge in [0.2, 0.25) is 5.91 Å². The summed E-state index contributed by atoms with van der Waals surface area (Å²) < 4.78 is 37.7. The number of hydrogen-bond acceptors (Lipinski definition) is 5. The lowest BCUT2D eigenvalue weighted by molar-refractivity contribution is -0.192. The molecule has 0 bridgehead atoms. The molecule has 1 aromatic carbocycles. The van der Waals surface area contributed by atoms with Crippen LogP contribution in [-0.2, 0) is 20.7 Å². The van der Waals surface area contributed by atoms with Crippen molar-refractivity contribution in [3.05, 3.63) is 59.8 Å². The number of aliphatic carboxylic acids is 1. The van der Waals surface area contributed by atoms with E-state index in [0.29, 0.717) is 18.3 Å². The summed E-state index contributed by atoms with van der Waals surface area (Å²) >= 11 is 0. The van der Waals surface area contributed by atoms with Crippen LogP contribution in [0.25, 0.3) is 0 Å². The number of nitrogens with one attached hydrogen (secondary N) is 1. The van der Waals surface area contributed by atoms with Crippen molar-refractivity contribution in [3.63, 3.8) is 0 Å². The maximum absolute atomic E-state index is 12.7. The van der Waals surface area contributed by atoms with Gasteiger partial charge in [0.05, 0.1) is 19.1 Å². The van der Waals surface area contributed by atoms with Crippen LogP contribution in [-0.4, -0.2) is 65.4 Å². The molecule has 33 heavy (non-hydrogen) atoms. The first-order chi connectivity index (χ1) is 15.6. The number of hydrogen-bond donors (Lipinski definition) is 2. The lowest BCUT2D eigenvalue weighted by Gasteiger charge is -2.20. The number of likely N-dealkylation sites (tertiary alicyclic amines) is 1. The SMILES string of the molecule is Cc1ccc(CC(=O)N2C[C@@H]3[C@H](CNc4ccccn4)CO[C@@H]3C2)cc1.O=C(O)C(F)(F)F. The number of benzene rings is 1. The van der Waals surface area contributed by atoms with Crippen molar-refractivity contribution >= 4 is 17.7 Å². The molecular weight excluding hydrogens is 439 g/mol. The molecule has 2 saturated heterocycles. The highest BCUT2D eigenvalue weighted by molar-refractivity contribution is 5.79. The summed E-state index contributed by atoms with van der Waals surface area (Å²) in [5.74, 6) is -0.843. The number of carbonyl (C=O) groups is 2. The zero-order chi connectivity index (χ0) is 24.0. The third-order valence-corrected chi connectivity index (χ3v) is 5.72. The molecule has 7 nitrogen and oxygen atoms in total. The second kappa shape index (κ2) is 10.7. The van der Waals surface area contributed by atoms with Gasteiger partial charge >= 0.3 is 12.1 Å². The molecule has 1 aromatic heterocycles. The first kappa shape index (κ1) is 24.5. The molecule has 10 heteroatoms. The van der Waals surface area contributed by atoms with Crippen LogP contribution in [0.1, 0.15) is 11.1 Å². The third kappa shape index (κ3) is 6.92. The predicted octanol–water partition coefficient (Wildman–Crippen LogP) is 3.15. The van der Waals surface area contributed by atoms with Crippen LogP contribution in [0.3, 0.4) is 0 Å². The summed E-state index contributed by atoms with van der Waals surface area (Å²) in [5.41, 5.74) is 2.29. The number of nitrogens with zero attached hydrogens (tertiary/aromatic N) is 2. The molecule has 178 valence electrons. The van der Waals surface area contributed by atoms with Crippen LogP contribution in [0, 0.1) is 18.8 Å². The van der Waals surface area contributed by atoms with Gasteiger partial charge in [-0.05, 0) is 24.6 Å². The molecular formula is C23H26F3N3O4. The highest BCUT2D eigenvalue weighted by Gasteiger charge is 2.44. The Kier molecular flexibility index (Phi) is 7.91. The molecule has 0 unspecified atom stereocenters. The topological polar surface area (TPSA) is 91.8 Å². The molecule has 3 atom stereocenters. The number of fused-ring (bicyclic) bond motifs is 1. The Labute approximate surface area is 189 Å². The summed E-state index contributed by atoms with van der Waals surface area (Å²) in [6.45, 7) is 5.16. The van der Waals surface area contributed by atoms with Gasteiger partial charge in [-0.15, -0.1) is 0 Å². The fourth-order valence-corrected chi connectivity index (χ4v) is 3.91. The van der Waals surface area contributed by atoms with Crippen LogP contribution in [0.15, 0.2) is 48.7 Å². The maximum Gasteiger partial charge on any atom is 0.490 e. The quantitative estimate of drug-likeness (QED) is 0.705. The Morgan fingerprint density at radius 3 is 2.48 bits per heavy atom. The van der Waals surface area contributed by atoms with Gasteiger partial charge in [-0.1, -0.05) is 35.9 Å². The number of carboxylic acids is 1. The molecule has 0 saturated carbocycles. The van der Waals surface area contributed by atoms with Crippen molar-refractivity contribution in [1.29, 1.82) is 0 Å². The predicted molar refractivity (Wildman–Crippen MR) is 115 cm³/mol. The molecule has 0 aliphatic carbocycles. The molecule has 2 N–H and O–H groups in total. The number of halogens is 3. The number of carboxylic acid groups (broad SMARTS) is 1. The van der Waals surface area contributed by atoms with Gasteiger partial charge in [-0.2, -0.15) is 13.2 Å². The van der Waals surface area contributed by atoms with Gasteiger partial charge in [0.15, 0.2) is 0 Å². The Morgan fingerprint density at radius 1 is 1.18 bits per heavy atom. The van der Waals surface area contributed by atoms with Gasteiger partial charge in [0.1, 0.15) is 5.82 Å². The van der Waals surface area contributed by atoms with Gasteiger partial charge in [-0.3, -0.25) is 4.79 Å². The first-order valence-electron chi connectivity index (χ1n) is 10.5. The second-order valence-electron chi connectivity index (χ2n) is 8.16. The van der Waals surface area contributed by atoms with E-state index in [0.717, 1.165) is 37.6 Å². The van der Waals surface area contributed by atoms with E-state index in [9.17, 15) is 18.0 Å². The van der Waals surface area contributed by atoms with Crippen molar-refractivity contribution in [2.45, 2.75) is 25.6 Å². The molecule has 2 aliphatic rings. The average molecular weight is 465 g/mol. The number of aromatic nitrogens is 1. The third-order valence-electron chi connectivity index (χ3n) is 5.72. The summed E-state index contributed by atoms with van der Waals surface area (Å²) in [4.78, 5) is 27.8. The molecule has 2 aliphatic heterocycles. The van der Waals surface area contributed by atoms with Crippen LogP contribution in [0.4, 0.5) is 19.0 Å². The minimum Gasteiger partial charge on any atom is -0.475 e. The normalized spacial score (nSPS) is 21.7. The number of pyridine rings is 1. The number of anilines is 1. The number of ether oxygens (including phenoxy) is 1. The zero-order valence-corrected chi connectivity index (χ0v) is 18.1. The average Bonchev–Trinajstić information content (AvgIpc) is 3.36. The first-order valence-corrected chi connectivity index (χ1v) is 10.5. The van der Waals surface area contributed by atoms with E-state index in [4.69, 9.17) is 14.6 Å². The van der Waals surface area contributed by atoms with Crippen LogP contribution < -0.4 is 5.32 Å². The number of aryl methyl sites for hydroxylation is 1. The fraction of sp³-hybridized carbons (Fsp3) is 0.435. The van der Waals surface area contributed by atoms with Gasteiger partial charge in [-0.25, -0.2) is 9.78 Å². The summed E-state index contributed by atoms with van der Waals surface area (Å²) in [6, 6.07) is 14.1. The maximum atomic E-state index is 12.7. The molecule has 0 radical (unpaired) electrons. The minimum absolute atomic E-state index is 0.174. The Hall–Kier alpha value is -3.14. The number of carbonyl (C=O) groups excluding carboxylic acids is 1. The van der Waals surface area contributed by atoms with E-state index in [2.05, 4.69) is 29.4 Å². The number of amides is 1. The monoisotopic (exact) mass is 465 g/mol. The molecule has 0 spiro atoms. The van der Waals surface area contributed by atoms with Crippen molar-refractivity contribution < 1.29 is 32.6 Å². The van der Waals surface area contributed by atoms with E-state index in [1.807, 2.05) is 35.2 Å². The van der Waals surface area contributed by atoms with Crippen LogP contribution >= 0.6 is 0 Å². The Bertz CT molecular complexity index is 938. The molecule has 2 aromatic rings. The van der Waals surface area contributed by atoms with Crippen molar-refractivity contribution in [2.75, 3.05) is 31.6 Å². The van der Waals surface area contributed by atoms with Gasteiger partial charge in [0, 0.05) is 37.7 Å². The Morgan fingerprint density at radius 2 is 1.88 bits per heavy atom. The van der Waals surface area contributed by atoms with E-state index in [-0.39, 0.29) is 12.0 Å². The fourth-order valence-electron chi connectivity index (χ4n) is 3.91. The van der Waals surface area contributed by atoms with Gasteiger partial charge < -0.3 is 20.1 Å². The molecule has 3 heterocycles. The van der Waals surface area contributed by atoms with Crippen molar-refractivity contribution in [2.24, 2.45) is 11.8 Å². The lowest BCUT2D eigenvalue weighted by atomic mass is 9.93. The minimum atomic E-state index is -5.08. The smallest absolute Gasteiger partial charge is 0.475 e.